The Labute approximate surface area is 137 Å². The highest BCUT2D eigenvalue weighted by atomic mass is 28.4. The van der Waals surface area contributed by atoms with Gasteiger partial charge in [0.25, 0.3) is 0 Å². The summed E-state index contributed by atoms with van der Waals surface area (Å²) >= 11 is 0. The molecule has 1 aromatic rings. The summed E-state index contributed by atoms with van der Waals surface area (Å²) < 4.78 is 19.0. The van der Waals surface area contributed by atoms with E-state index in [1.807, 2.05) is 0 Å². The summed E-state index contributed by atoms with van der Waals surface area (Å²) in [6, 6.07) is 11.6. The predicted molar refractivity (Wildman–Crippen MR) is 98.0 cm³/mol. The molecule has 0 aliphatic rings. The summed E-state index contributed by atoms with van der Waals surface area (Å²) in [5.41, 5.74) is 1.33. The lowest BCUT2D eigenvalue weighted by atomic mass is 10.3. The molecule has 4 nitrogen and oxygen atoms in total. The van der Waals surface area contributed by atoms with E-state index in [0.29, 0.717) is 0 Å². The molecule has 6 heteroatoms. The van der Waals surface area contributed by atoms with Crippen molar-refractivity contribution in [2.75, 3.05) is 32.4 Å². The van der Waals surface area contributed by atoms with Crippen molar-refractivity contribution in [3.05, 3.63) is 30.3 Å². The van der Waals surface area contributed by atoms with E-state index in [1.165, 1.54) is 5.69 Å². The summed E-state index contributed by atoms with van der Waals surface area (Å²) in [5.74, 6) is 0. The fourth-order valence-electron chi connectivity index (χ4n) is 2.63. The first kappa shape index (κ1) is 19.4. The zero-order valence-electron chi connectivity index (χ0n) is 14.9. The van der Waals surface area contributed by atoms with E-state index in [4.69, 9.17) is 13.3 Å². The van der Waals surface area contributed by atoms with Crippen molar-refractivity contribution in [3.63, 3.8) is 0 Å². The molecule has 1 aromatic carbocycles. The molecule has 0 saturated heterocycles. The van der Waals surface area contributed by atoms with Crippen LogP contribution in [0.25, 0.3) is 0 Å². The van der Waals surface area contributed by atoms with Gasteiger partial charge in [-0.05, 0) is 25.0 Å². The second-order valence-corrected chi connectivity index (χ2v) is 14.4. The summed E-state index contributed by atoms with van der Waals surface area (Å²) in [4.78, 5) is 0. The topological polar surface area (TPSA) is 30.9 Å². The molecule has 0 heterocycles. The normalized spacial score (nSPS) is 12.5. The Morgan fingerprint density at radius 3 is 1.86 bits per heavy atom. The Balaban J connectivity index is 2.59. The largest absolute Gasteiger partial charge is 0.500 e. The molecule has 0 radical (unpaired) electrons. The van der Waals surface area contributed by atoms with Crippen molar-refractivity contribution in [1.29, 1.82) is 0 Å². The molecule has 126 valence electrons. The number of unbranched alkanes of at least 4 members (excludes halogenated alkanes) is 1. The van der Waals surface area contributed by atoms with Crippen LogP contribution in [0.15, 0.2) is 30.3 Å². The molecule has 0 aliphatic carbocycles. The quantitative estimate of drug-likeness (QED) is 0.476. The van der Waals surface area contributed by atoms with Gasteiger partial charge in [0.1, 0.15) is 8.24 Å². The van der Waals surface area contributed by atoms with Crippen LogP contribution in [0.5, 0.6) is 0 Å². The number of hydrogen-bond donors (Lipinski definition) is 0. The molecule has 1 rings (SSSR count). The van der Waals surface area contributed by atoms with Crippen molar-refractivity contribution in [1.82, 2.24) is 0 Å². The third kappa shape index (κ3) is 5.51. The van der Waals surface area contributed by atoms with Gasteiger partial charge in [-0.3, -0.25) is 0 Å². The molecule has 0 unspecified atom stereocenters. The van der Waals surface area contributed by atoms with E-state index < -0.39 is 17.0 Å². The molecule has 0 saturated carbocycles. The van der Waals surface area contributed by atoms with Gasteiger partial charge in [0, 0.05) is 39.6 Å². The van der Waals surface area contributed by atoms with E-state index in [0.717, 1.165) is 25.4 Å². The molecule has 22 heavy (non-hydrogen) atoms. The number of benzene rings is 1. The minimum absolute atomic E-state index is 0.866. The second-order valence-electron chi connectivity index (χ2n) is 6.41. The van der Waals surface area contributed by atoms with E-state index in [1.54, 1.807) is 21.3 Å². The van der Waals surface area contributed by atoms with Gasteiger partial charge < -0.3 is 17.8 Å². The molecule has 0 amide bonds. The Hall–Kier alpha value is -0.666. The van der Waals surface area contributed by atoms with Gasteiger partial charge in [-0.1, -0.05) is 37.8 Å². The Morgan fingerprint density at radius 1 is 0.864 bits per heavy atom. The third-order valence-electron chi connectivity index (χ3n) is 3.93. The molecule has 0 N–H and O–H groups in total. The Kier molecular flexibility index (Phi) is 7.78. The van der Waals surface area contributed by atoms with E-state index in [2.05, 4.69) is 54.5 Å². The van der Waals surface area contributed by atoms with E-state index >= 15 is 0 Å². The number of para-hydroxylation sites is 1. The molecule has 0 aromatic heterocycles. The predicted octanol–water partition coefficient (Wildman–Crippen LogP) is 3.99. The Bertz CT molecular complexity index is 411. The van der Waals surface area contributed by atoms with Gasteiger partial charge in [-0.2, -0.15) is 0 Å². The van der Waals surface area contributed by atoms with Crippen LogP contribution in [0.4, 0.5) is 5.69 Å². The number of hydrogen-bond acceptors (Lipinski definition) is 4. The van der Waals surface area contributed by atoms with Crippen LogP contribution < -0.4 is 4.57 Å². The summed E-state index contributed by atoms with van der Waals surface area (Å²) in [7, 11) is 1.22. The first-order valence-corrected chi connectivity index (χ1v) is 13.2. The smallest absolute Gasteiger partial charge is 0.398 e. The van der Waals surface area contributed by atoms with Crippen molar-refractivity contribution in [2.24, 2.45) is 0 Å². The maximum Gasteiger partial charge on any atom is 0.500 e. The average molecular weight is 342 g/mol. The summed E-state index contributed by atoms with van der Waals surface area (Å²) in [6.45, 7) is 8.23. The van der Waals surface area contributed by atoms with Gasteiger partial charge in [-0.15, -0.1) is 0 Å². The van der Waals surface area contributed by atoms with Gasteiger partial charge >= 0.3 is 8.80 Å². The number of nitrogens with zero attached hydrogens (tertiary/aromatic N) is 1. The molecule has 0 bridgehead atoms. The fraction of sp³-hybridized carbons (Fsp3) is 0.625. The SMILES string of the molecule is CO[Si](CCCCN(c1ccccc1)[Si](C)(C)C)(OC)OC. The minimum atomic E-state index is -2.42. The minimum Gasteiger partial charge on any atom is -0.398 e. The van der Waals surface area contributed by atoms with Crippen LogP contribution in [0.3, 0.4) is 0 Å². The lowest BCUT2D eigenvalue weighted by molar-refractivity contribution is 0.123. The first-order valence-electron chi connectivity index (χ1n) is 7.86. The van der Waals surface area contributed by atoms with Crippen molar-refractivity contribution < 1.29 is 13.3 Å². The monoisotopic (exact) mass is 341 g/mol. The maximum atomic E-state index is 5.48. The lowest BCUT2D eigenvalue weighted by Gasteiger charge is -2.36. The van der Waals surface area contributed by atoms with Gasteiger partial charge in [0.15, 0.2) is 0 Å². The van der Waals surface area contributed by atoms with Crippen LogP contribution in [-0.4, -0.2) is 44.9 Å². The van der Waals surface area contributed by atoms with Crippen molar-refractivity contribution in [3.8, 4) is 0 Å². The molecular formula is C16H31NO3Si2. The first-order chi connectivity index (χ1) is 10.4. The van der Waals surface area contributed by atoms with Crippen LogP contribution >= 0.6 is 0 Å². The zero-order chi connectivity index (χ0) is 16.6. The Morgan fingerprint density at radius 2 is 1.41 bits per heavy atom. The summed E-state index contributed by atoms with van der Waals surface area (Å²) in [5, 5.41) is 0. The average Bonchev–Trinajstić information content (AvgIpc) is 2.51. The van der Waals surface area contributed by atoms with Crippen LogP contribution in [0.1, 0.15) is 12.8 Å². The number of rotatable bonds is 10. The highest BCUT2D eigenvalue weighted by Crippen LogP contribution is 2.23. The number of anilines is 1. The van der Waals surface area contributed by atoms with E-state index in [-0.39, 0.29) is 0 Å². The van der Waals surface area contributed by atoms with Gasteiger partial charge in [-0.25, -0.2) is 0 Å². The maximum absolute atomic E-state index is 5.48. The summed E-state index contributed by atoms with van der Waals surface area (Å²) in [6.07, 6.45) is 2.17. The zero-order valence-corrected chi connectivity index (χ0v) is 16.9. The van der Waals surface area contributed by atoms with Crippen molar-refractivity contribution in [2.45, 2.75) is 38.5 Å². The van der Waals surface area contributed by atoms with Crippen LogP contribution in [0, 0.1) is 0 Å². The molecule has 0 aliphatic heterocycles. The molecule has 0 spiro atoms. The van der Waals surface area contributed by atoms with Gasteiger partial charge in [0.05, 0.1) is 0 Å². The molecular weight excluding hydrogens is 310 g/mol. The third-order valence-corrected chi connectivity index (χ3v) is 8.86. The van der Waals surface area contributed by atoms with Gasteiger partial charge in [0.2, 0.25) is 0 Å². The van der Waals surface area contributed by atoms with E-state index in [9.17, 15) is 0 Å². The van der Waals surface area contributed by atoms with Crippen LogP contribution in [-0.2, 0) is 13.3 Å². The second kappa shape index (κ2) is 8.83. The van der Waals surface area contributed by atoms with Crippen LogP contribution in [0.2, 0.25) is 25.7 Å². The highest BCUT2D eigenvalue weighted by molar-refractivity contribution is 6.79. The molecule has 0 atom stereocenters. The molecule has 0 fully saturated rings. The van der Waals surface area contributed by atoms with Crippen molar-refractivity contribution >= 4 is 22.7 Å². The fourth-order valence-corrected chi connectivity index (χ4v) is 6.18. The highest BCUT2D eigenvalue weighted by Gasteiger charge is 2.37. The standard InChI is InChI=1S/C16H31NO3Si2/c1-18-22(19-2,20-3)15-11-10-14-17(21(4,5)6)16-12-8-7-9-13-16/h7-9,12-13H,10-11,14-15H2,1-6H3. The lowest BCUT2D eigenvalue weighted by Crippen LogP contribution is -2.47.